The van der Waals surface area contributed by atoms with Crippen molar-refractivity contribution in [2.24, 2.45) is 11.8 Å². The summed E-state index contributed by atoms with van der Waals surface area (Å²) in [6.45, 7) is 2.48. The Bertz CT molecular complexity index is 619. The molecule has 2 fully saturated rings. The van der Waals surface area contributed by atoms with Crippen LogP contribution in [0.3, 0.4) is 0 Å². The summed E-state index contributed by atoms with van der Waals surface area (Å²) in [4.78, 5) is 28.2. The highest BCUT2D eigenvalue weighted by Gasteiger charge is 2.41. The van der Waals surface area contributed by atoms with Crippen molar-refractivity contribution in [3.8, 4) is 0 Å². The maximum absolute atomic E-state index is 13.3. The van der Waals surface area contributed by atoms with Crippen LogP contribution in [0, 0.1) is 17.7 Å². The lowest BCUT2D eigenvalue weighted by Crippen LogP contribution is -2.47. The first-order chi connectivity index (χ1) is 11.5. The molecule has 0 aliphatic carbocycles. The maximum Gasteiger partial charge on any atom is 0.308 e. The molecule has 1 aromatic rings. The van der Waals surface area contributed by atoms with Crippen molar-refractivity contribution in [1.29, 1.82) is 0 Å². The Morgan fingerprint density at radius 2 is 2.00 bits per heavy atom. The van der Waals surface area contributed by atoms with Crippen LogP contribution in [0.4, 0.5) is 4.39 Å². The number of aliphatic carboxylic acids is 1. The molecule has 1 amide bonds. The Morgan fingerprint density at radius 3 is 2.58 bits per heavy atom. The minimum Gasteiger partial charge on any atom is -0.481 e. The van der Waals surface area contributed by atoms with E-state index in [0.717, 1.165) is 19.5 Å². The van der Waals surface area contributed by atoms with Gasteiger partial charge in [-0.1, -0.05) is 12.1 Å². The molecule has 2 saturated heterocycles. The van der Waals surface area contributed by atoms with E-state index in [1.807, 2.05) is 0 Å². The van der Waals surface area contributed by atoms with Gasteiger partial charge in [-0.2, -0.15) is 0 Å². The predicted molar refractivity (Wildman–Crippen MR) is 86.8 cm³/mol. The summed E-state index contributed by atoms with van der Waals surface area (Å²) < 4.78 is 13.3. The second-order valence-electron chi connectivity index (χ2n) is 6.94. The van der Waals surface area contributed by atoms with E-state index in [9.17, 15) is 19.1 Å². The smallest absolute Gasteiger partial charge is 0.308 e. The first kappa shape index (κ1) is 16.9. The highest BCUT2D eigenvalue weighted by molar-refractivity contribution is 5.81. The number of hydrogen-bond acceptors (Lipinski definition) is 3. The van der Waals surface area contributed by atoms with Gasteiger partial charge in [-0.15, -0.1) is 0 Å². The Labute approximate surface area is 141 Å². The zero-order valence-corrected chi connectivity index (χ0v) is 13.8. The summed E-state index contributed by atoms with van der Waals surface area (Å²) in [5.41, 5.74) is 0.697. The van der Waals surface area contributed by atoms with E-state index >= 15 is 0 Å². The Hall–Kier alpha value is -1.95. The minimum atomic E-state index is -0.898. The average Bonchev–Trinajstić information content (AvgIpc) is 2.95. The molecule has 1 aromatic carbocycles. The molecular weight excluding hydrogens is 311 g/mol. The van der Waals surface area contributed by atoms with E-state index in [2.05, 4.69) is 11.9 Å². The minimum absolute atomic E-state index is 0.00335. The van der Waals surface area contributed by atoms with Crippen LogP contribution in [0.2, 0.25) is 0 Å². The highest BCUT2D eigenvalue weighted by atomic mass is 19.1. The van der Waals surface area contributed by atoms with Crippen molar-refractivity contribution >= 4 is 11.9 Å². The third kappa shape index (κ3) is 3.43. The van der Waals surface area contributed by atoms with Crippen molar-refractivity contribution in [3.05, 3.63) is 35.6 Å². The number of piperidine rings is 1. The number of rotatable bonds is 4. The van der Waals surface area contributed by atoms with Gasteiger partial charge in [0.15, 0.2) is 0 Å². The molecule has 5 nitrogen and oxygen atoms in total. The van der Waals surface area contributed by atoms with Gasteiger partial charge in [0.05, 0.1) is 12.0 Å². The van der Waals surface area contributed by atoms with Gasteiger partial charge in [0.1, 0.15) is 5.82 Å². The average molecular weight is 334 g/mol. The number of benzene rings is 1. The van der Waals surface area contributed by atoms with Crippen LogP contribution in [0.5, 0.6) is 0 Å². The summed E-state index contributed by atoms with van der Waals surface area (Å²) in [6, 6.07) is 5.34. The van der Waals surface area contributed by atoms with E-state index in [4.69, 9.17) is 0 Å². The SMILES string of the molecule is CN1CC[C@H](CN2C(=O)CC[C@@H](C(=O)O)[C@H]2c2ccc(F)cc2)C1. The van der Waals surface area contributed by atoms with Crippen LogP contribution in [-0.4, -0.2) is 53.5 Å². The summed E-state index contributed by atoms with van der Waals surface area (Å²) in [5, 5.41) is 9.61. The fourth-order valence-corrected chi connectivity index (χ4v) is 3.95. The van der Waals surface area contributed by atoms with Gasteiger partial charge in [0.25, 0.3) is 0 Å². The number of carbonyl (C=O) groups is 2. The highest BCUT2D eigenvalue weighted by Crippen LogP contribution is 2.38. The Morgan fingerprint density at radius 1 is 1.29 bits per heavy atom. The fraction of sp³-hybridized carbons (Fsp3) is 0.556. The maximum atomic E-state index is 13.3. The lowest BCUT2D eigenvalue weighted by Gasteiger charge is -2.41. The van der Waals surface area contributed by atoms with Crippen LogP contribution in [0.15, 0.2) is 24.3 Å². The van der Waals surface area contributed by atoms with Gasteiger partial charge >= 0.3 is 5.97 Å². The topological polar surface area (TPSA) is 60.9 Å². The molecule has 0 aromatic heterocycles. The second-order valence-corrected chi connectivity index (χ2v) is 6.94. The van der Waals surface area contributed by atoms with E-state index in [-0.39, 0.29) is 18.1 Å². The Balaban J connectivity index is 1.89. The molecule has 2 heterocycles. The van der Waals surface area contributed by atoms with Crippen LogP contribution < -0.4 is 0 Å². The zero-order valence-electron chi connectivity index (χ0n) is 13.8. The van der Waals surface area contributed by atoms with Gasteiger partial charge in [0.2, 0.25) is 5.91 Å². The fourth-order valence-electron chi connectivity index (χ4n) is 3.95. The molecule has 3 atom stereocenters. The van der Waals surface area contributed by atoms with Crippen LogP contribution in [-0.2, 0) is 9.59 Å². The van der Waals surface area contributed by atoms with Crippen LogP contribution >= 0.6 is 0 Å². The number of nitrogens with zero attached hydrogens (tertiary/aromatic N) is 2. The number of amides is 1. The number of carboxylic acid groups (broad SMARTS) is 1. The molecule has 130 valence electrons. The molecule has 0 unspecified atom stereocenters. The molecule has 3 rings (SSSR count). The zero-order chi connectivity index (χ0) is 17.3. The van der Waals surface area contributed by atoms with Gasteiger partial charge in [-0.25, -0.2) is 4.39 Å². The lowest BCUT2D eigenvalue weighted by atomic mass is 9.83. The van der Waals surface area contributed by atoms with Gasteiger partial charge in [0, 0.05) is 19.5 Å². The summed E-state index contributed by atoms with van der Waals surface area (Å²) in [5.74, 6) is -1.56. The number of carbonyl (C=O) groups excluding carboxylic acids is 1. The summed E-state index contributed by atoms with van der Waals surface area (Å²) >= 11 is 0. The molecule has 24 heavy (non-hydrogen) atoms. The predicted octanol–water partition coefficient (Wildman–Crippen LogP) is 2.14. The van der Waals surface area contributed by atoms with E-state index in [0.29, 0.717) is 24.4 Å². The summed E-state index contributed by atoms with van der Waals surface area (Å²) in [7, 11) is 2.05. The molecule has 0 bridgehead atoms. The van der Waals surface area contributed by atoms with Crippen molar-refractivity contribution < 1.29 is 19.1 Å². The van der Waals surface area contributed by atoms with E-state index in [1.54, 1.807) is 17.0 Å². The van der Waals surface area contributed by atoms with Gasteiger partial charge in [-0.05, 0) is 50.0 Å². The first-order valence-corrected chi connectivity index (χ1v) is 8.42. The molecule has 1 N–H and O–H groups in total. The monoisotopic (exact) mass is 334 g/mol. The molecule has 0 radical (unpaired) electrons. The summed E-state index contributed by atoms with van der Waals surface area (Å²) in [6.07, 6.45) is 1.60. The molecule has 0 spiro atoms. The largest absolute Gasteiger partial charge is 0.481 e. The number of carboxylic acids is 1. The second kappa shape index (κ2) is 6.89. The van der Waals surface area contributed by atoms with Gasteiger partial charge in [-0.3, -0.25) is 9.59 Å². The van der Waals surface area contributed by atoms with Crippen LogP contribution in [0.1, 0.15) is 30.9 Å². The first-order valence-electron chi connectivity index (χ1n) is 8.42. The quantitative estimate of drug-likeness (QED) is 0.916. The van der Waals surface area contributed by atoms with Crippen molar-refractivity contribution in [2.75, 3.05) is 26.7 Å². The third-order valence-electron chi connectivity index (χ3n) is 5.18. The Kier molecular flexibility index (Phi) is 4.85. The lowest BCUT2D eigenvalue weighted by molar-refractivity contribution is -0.152. The number of halogens is 1. The van der Waals surface area contributed by atoms with Gasteiger partial charge < -0.3 is 14.9 Å². The molecule has 0 saturated carbocycles. The normalized spacial score (nSPS) is 28.3. The standard InChI is InChI=1S/C18H23FN2O3/c1-20-9-8-12(10-20)11-21-16(22)7-6-15(18(23)24)17(21)13-2-4-14(19)5-3-13/h2-5,12,15,17H,6-11H2,1H3,(H,23,24)/t12-,15+,17+/m0/s1. The molecule has 2 aliphatic heterocycles. The molecular formula is C18H23FN2O3. The number of likely N-dealkylation sites (tertiary alicyclic amines) is 2. The van der Waals surface area contributed by atoms with Crippen LogP contribution in [0.25, 0.3) is 0 Å². The van der Waals surface area contributed by atoms with Crippen molar-refractivity contribution in [1.82, 2.24) is 9.80 Å². The number of hydrogen-bond donors (Lipinski definition) is 1. The van der Waals surface area contributed by atoms with Crippen molar-refractivity contribution in [2.45, 2.75) is 25.3 Å². The van der Waals surface area contributed by atoms with Crippen molar-refractivity contribution in [3.63, 3.8) is 0 Å². The molecule has 6 heteroatoms. The molecule has 2 aliphatic rings. The third-order valence-corrected chi connectivity index (χ3v) is 5.18. The van der Waals surface area contributed by atoms with E-state index < -0.39 is 17.9 Å². The van der Waals surface area contributed by atoms with E-state index in [1.165, 1.54) is 12.1 Å².